The molecule has 2 fully saturated rings. The maximum Gasteiger partial charge on any atom is 0.0475 e. The van der Waals surface area contributed by atoms with E-state index in [2.05, 4.69) is 60.2 Å². The summed E-state index contributed by atoms with van der Waals surface area (Å²) in [7, 11) is 0. The fourth-order valence-electron chi connectivity index (χ4n) is 4.32. The van der Waals surface area contributed by atoms with Crippen LogP contribution in [0.1, 0.15) is 37.4 Å². The fraction of sp³-hybridized carbons (Fsp3) is 0.700. The van der Waals surface area contributed by atoms with Crippen LogP contribution in [0.15, 0.2) is 24.3 Å². The first-order valence-corrected chi connectivity index (χ1v) is 9.35. The quantitative estimate of drug-likeness (QED) is 0.922. The zero-order chi connectivity index (χ0) is 16.2. The number of benzene rings is 1. The van der Waals surface area contributed by atoms with Gasteiger partial charge in [0.25, 0.3) is 0 Å². The number of hydrogen-bond acceptors (Lipinski definition) is 3. The average molecular weight is 316 g/mol. The van der Waals surface area contributed by atoms with Gasteiger partial charge in [-0.1, -0.05) is 43.7 Å². The van der Waals surface area contributed by atoms with E-state index < -0.39 is 0 Å². The predicted molar refractivity (Wildman–Crippen MR) is 97.7 cm³/mol. The molecule has 3 unspecified atom stereocenters. The number of nitrogens with one attached hydrogen (secondary N) is 1. The van der Waals surface area contributed by atoms with Crippen molar-refractivity contribution in [2.24, 2.45) is 11.8 Å². The third-order valence-corrected chi connectivity index (χ3v) is 5.44. The van der Waals surface area contributed by atoms with Crippen molar-refractivity contribution in [2.45, 2.75) is 33.2 Å². The Morgan fingerprint density at radius 3 is 2.26 bits per heavy atom. The molecular formula is C20H33N3. The van der Waals surface area contributed by atoms with Crippen LogP contribution in [0, 0.1) is 18.8 Å². The highest BCUT2D eigenvalue weighted by Crippen LogP contribution is 2.30. The molecule has 3 atom stereocenters. The van der Waals surface area contributed by atoms with Crippen molar-refractivity contribution >= 4 is 0 Å². The molecule has 3 rings (SSSR count). The zero-order valence-corrected chi connectivity index (χ0v) is 15.1. The highest BCUT2D eigenvalue weighted by Gasteiger charge is 2.29. The lowest BCUT2D eigenvalue weighted by Gasteiger charge is -2.42. The molecule has 0 aliphatic carbocycles. The lowest BCUT2D eigenvalue weighted by molar-refractivity contribution is 0.0678. The fourth-order valence-corrected chi connectivity index (χ4v) is 4.32. The standard InChI is InChI=1S/C20H33N3/c1-16-4-6-19(7-5-16)20(15-22-10-8-21-9-11-22)23-13-17(2)12-18(3)14-23/h4-7,17-18,20-21H,8-15H2,1-3H3. The predicted octanol–water partition coefficient (Wildman–Crippen LogP) is 2.92. The second kappa shape index (κ2) is 7.78. The first-order chi connectivity index (χ1) is 11.1. The van der Waals surface area contributed by atoms with Gasteiger partial charge in [-0.05, 0) is 30.7 Å². The van der Waals surface area contributed by atoms with Crippen molar-refractivity contribution in [2.75, 3.05) is 45.8 Å². The van der Waals surface area contributed by atoms with Crippen LogP contribution in [0.25, 0.3) is 0 Å². The Morgan fingerprint density at radius 1 is 1.04 bits per heavy atom. The van der Waals surface area contributed by atoms with Crippen molar-refractivity contribution in [3.8, 4) is 0 Å². The van der Waals surface area contributed by atoms with E-state index in [1.807, 2.05) is 0 Å². The van der Waals surface area contributed by atoms with E-state index in [1.54, 1.807) is 0 Å². The molecule has 0 aromatic heterocycles. The first kappa shape index (κ1) is 16.9. The van der Waals surface area contributed by atoms with Crippen molar-refractivity contribution < 1.29 is 0 Å². The third-order valence-electron chi connectivity index (χ3n) is 5.44. The molecule has 1 aromatic rings. The van der Waals surface area contributed by atoms with Gasteiger partial charge in [-0.2, -0.15) is 0 Å². The smallest absolute Gasteiger partial charge is 0.0475 e. The number of piperidine rings is 1. The van der Waals surface area contributed by atoms with E-state index in [0.29, 0.717) is 6.04 Å². The molecule has 128 valence electrons. The molecular weight excluding hydrogens is 282 g/mol. The van der Waals surface area contributed by atoms with E-state index >= 15 is 0 Å². The highest BCUT2D eigenvalue weighted by atomic mass is 15.2. The van der Waals surface area contributed by atoms with Gasteiger partial charge in [-0.3, -0.25) is 9.80 Å². The molecule has 2 heterocycles. The zero-order valence-electron chi connectivity index (χ0n) is 15.1. The van der Waals surface area contributed by atoms with Crippen LogP contribution in [0.2, 0.25) is 0 Å². The van der Waals surface area contributed by atoms with E-state index in [4.69, 9.17) is 0 Å². The van der Waals surface area contributed by atoms with Gasteiger partial charge >= 0.3 is 0 Å². The normalized spacial score (nSPS) is 28.7. The number of rotatable bonds is 4. The molecule has 3 heteroatoms. The highest BCUT2D eigenvalue weighted by molar-refractivity contribution is 5.24. The minimum Gasteiger partial charge on any atom is -0.314 e. The maximum absolute atomic E-state index is 3.47. The van der Waals surface area contributed by atoms with E-state index in [0.717, 1.165) is 24.9 Å². The van der Waals surface area contributed by atoms with Crippen molar-refractivity contribution in [3.05, 3.63) is 35.4 Å². The van der Waals surface area contributed by atoms with E-state index in [1.165, 1.54) is 50.3 Å². The Hall–Kier alpha value is -0.900. The number of nitrogens with zero attached hydrogens (tertiary/aromatic N) is 2. The van der Waals surface area contributed by atoms with Gasteiger partial charge in [0.05, 0.1) is 0 Å². The maximum atomic E-state index is 3.47. The third kappa shape index (κ3) is 4.56. The van der Waals surface area contributed by atoms with Crippen LogP contribution in [0.3, 0.4) is 0 Å². The minimum atomic E-state index is 0.541. The summed E-state index contributed by atoms with van der Waals surface area (Å²) in [6.07, 6.45) is 1.38. The van der Waals surface area contributed by atoms with Gasteiger partial charge < -0.3 is 5.32 Å². The topological polar surface area (TPSA) is 18.5 Å². The molecule has 3 nitrogen and oxygen atoms in total. The summed E-state index contributed by atoms with van der Waals surface area (Å²) < 4.78 is 0. The lowest BCUT2D eigenvalue weighted by Crippen LogP contribution is -2.49. The molecule has 0 amide bonds. The van der Waals surface area contributed by atoms with Crippen LogP contribution < -0.4 is 5.32 Å². The minimum absolute atomic E-state index is 0.541. The SMILES string of the molecule is Cc1ccc(C(CN2CCNCC2)N2CC(C)CC(C)C2)cc1. The molecule has 0 saturated carbocycles. The van der Waals surface area contributed by atoms with E-state index in [-0.39, 0.29) is 0 Å². The summed E-state index contributed by atoms with van der Waals surface area (Å²) in [6, 6.07) is 9.80. The molecule has 0 spiro atoms. The van der Waals surface area contributed by atoms with Gasteiger partial charge in [0.2, 0.25) is 0 Å². The van der Waals surface area contributed by atoms with Crippen molar-refractivity contribution in [1.29, 1.82) is 0 Å². The second-order valence-corrected chi connectivity index (χ2v) is 7.88. The summed E-state index contributed by atoms with van der Waals surface area (Å²) in [5.41, 5.74) is 2.85. The van der Waals surface area contributed by atoms with Crippen LogP contribution in [0.4, 0.5) is 0 Å². The molecule has 0 bridgehead atoms. The van der Waals surface area contributed by atoms with Crippen molar-refractivity contribution in [3.63, 3.8) is 0 Å². The van der Waals surface area contributed by atoms with Crippen LogP contribution in [-0.2, 0) is 0 Å². The Kier molecular flexibility index (Phi) is 5.73. The number of aryl methyl sites for hydroxylation is 1. The summed E-state index contributed by atoms with van der Waals surface area (Å²) in [5.74, 6) is 1.63. The summed E-state index contributed by atoms with van der Waals surface area (Å²) in [4.78, 5) is 5.40. The van der Waals surface area contributed by atoms with Gasteiger partial charge in [-0.15, -0.1) is 0 Å². The number of hydrogen-bond donors (Lipinski definition) is 1. The number of piperazine rings is 1. The van der Waals surface area contributed by atoms with Gasteiger partial charge in [0.15, 0.2) is 0 Å². The van der Waals surface area contributed by atoms with Gasteiger partial charge in [0, 0.05) is 51.9 Å². The number of likely N-dealkylation sites (tertiary alicyclic amines) is 1. The largest absolute Gasteiger partial charge is 0.314 e. The summed E-state index contributed by atoms with van der Waals surface area (Å²) >= 11 is 0. The van der Waals surface area contributed by atoms with Crippen LogP contribution in [-0.4, -0.2) is 55.6 Å². The Balaban J connectivity index is 1.78. The van der Waals surface area contributed by atoms with Crippen LogP contribution in [0.5, 0.6) is 0 Å². The molecule has 2 aliphatic heterocycles. The molecule has 1 aromatic carbocycles. The van der Waals surface area contributed by atoms with E-state index in [9.17, 15) is 0 Å². The Morgan fingerprint density at radius 2 is 1.65 bits per heavy atom. The van der Waals surface area contributed by atoms with Crippen molar-refractivity contribution in [1.82, 2.24) is 15.1 Å². The molecule has 0 radical (unpaired) electrons. The van der Waals surface area contributed by atoms with Gasteiger partial charge in [-0.25, -0.2) is 0 Å². The second-order valence-electron chi connectivity index (χ2n) is 7.88. The Bertz CT molecular complexity index is 468. The Labute approximate surface area is 142 Å². The molecule has 23 heavy (non-hydrogen) atoms. The first-order valence-electron chi connectivity index (χ1n) is 9.35. The summed E-state index contributed by atoms with van der Waals surface area (Å²) in [6.45, 7) is 15.3. The van der Waals surface area contributed by atoms with Crippen LogP contribution >= 0.6 is 0 Å². The van der Waals surface area contributed by atoms with Gasteiger partial charge in [0.1, 0.15) is 0 Å². The molecule has 2 saturated heterocycles. The molecule has 2 aliphatic rings. The lowest BCUT2D eigenvalue weighted by atomic mass is 9.89. The molecule has 1 N–H and O–H groups in total. The monoisotopic (exact) mass is 315 g/mol. The average Bonchev–Trinajstić information content (AvgIpc) is 2.54. The summed E-state index contributed by atoms with van der Waals surface area (Å²) in [5, 5.41) is 3.47.